The SMILES string of the molecule is CCCCOCc1ccc(C(F)(F)F)cc1. The van der Waals surface area contributed by atoms with Crippen LogP contribution < -0.4 is 0 Å². The molecule has 4 heteroatoms. The molecule has 0 amide bonds. The highest BCUT2D eigenvalue weighted by Gasteiger charge is 2.29. The van der Waals surface area contributed by atoms with Crippen molar-refractivity contribution in [1.29, 1.82) is 0 Å². The third-order valence-corrected chi connectivity index (χ3v) is 2.19. The number of unbranched alkanes of at least 4 members (excludes halogenated alkanes) is 1. The Morgan fingerprint density at radius 3 is 2.25 bits per heavy atom. The number of benzene rings is 1. The first-order valence-electron chi connectivity index (χ1n) is 5.28. The number of halogens is 3. The van der Waals surface area contributed by atoms with Crippen molar-refractivity contribution in [3.8, 4) is 0 Å². The molecule has 0 N–H and O–H groups in total. The third-order valence-electron chi connectivity index (χ3n) is 2.19. The molecule has 0 aliphatic heterocycles. The van der Waals surface area contributed by atoms with Gasteiger partial charge in [0, 0.05) is 6.61 Å². The molecule has 0 saturated heterocycles. The van der Waals surface area contributed by atoms with E-state index in [4.69, 9.17) is 4.74 Å². The fraction of sp³-hybridized carbons (Fsp3) is 0.500. The second-order valence-electron chi connectivity index (χ2n) is 3.60. The summed E-state index contributed by atoms with van der Waals surface area (Å²) in [5, 5.41) is 0. The van der Waals surface area contributed by atoms with Gasteiger partial charge < -0.3 is 4.74 Å². The van der Waals surface area contributed by atoms with Crippen LogP contribution in [0.4, 0.5) is 13.2 Å². The molecule has 1 aromatic carbocycles. The summed E-state index contributed by atoms with van der Waals surface area (Å²) in [7, 11) is 0. The van der Waals surface area contributed by atoms with E-state index in [2.05, 4.69) is 6.92 Å². The summed E-state index contributed by atoms with van der Waals surface area (Å²) in [5.41, 5.74) is 0.147. The molecule has 0 radical (unpaired) electrons. The lowest BCUT2D eigenvalue weighted by molar-refractivity contribution is -0.137. The Labute approximate surface area is 93.2 Å². The molecule has 1 nitrogen and oxygen atoms in total. The maximum atomic E-state index is 12.2. The number of hydrogen-bond donors (Lipinski definition) is 0. The highest BCUT2D eigenvalue weighted by atomic mass is 19.4. The summed E-state index contributed by atoms with van der Waals surface area (Å²) < 4.78 is 42.0. The lowest BCUT2D eigenvalue weighted by Gasteiger charge is -2.08. The number of rotatable bonds is 5. The van der Waals surface area contributed by atoms with Gasteiger partial charge in [0.1, 0.15) is 0 Å². The molecule has 0 atom stereocenters. The first-order chi connectivity index (χ1) is 7.54. The van der Waals surface area contributed by atoms with Gasteiger partial charge in [-0.2, -0.15) is 13.2 Å². The minimum absolute atomic E-state index is 0.373. The van der Waals surface area contributed by atoms with E-state index in [1.54, 1.807) is 0 Å². The molecule has 0 aliphatic rings. The Kier molecular flexibility index (Phi) is 4.80. The molecule has 0 saturated carbocycles. The summed E-state index contributed by atoms with van der Waals surface area (Å²) in [5.74, 6) is 0. The highest BCUT2D eigenvalue weighted by molar-refractivity contribution is 5.24. The Balaban J connectivity index is 2.46. The zero-order chi connectivity index (χ0) is 12.0. The quantitative estimate of drug-likeness (QED) is 0.696. The zero-order valence-electron chi connectivity index (χ0n) is 9.18. The number of ether oxygens (including phenoxy) is 1. The monoisotopic (exact) mass is 232 g/mol. The molecule has 90 valence electrons. The largest absolute Gasteiger partial charge is 0.416 e. The topological polar surface area (TPSA) is 9.23 Å². The predicted molar refractivity (Wildman–Crippen MR) is 56.0 cm³/mol. The average Bonchev–Trinajstić information content (AvgIpc) is 2.24. The maximum Gasteiger partial charge on any atom is 0.416 e. The smallest absolute Gasteiger partial charge is 0.377 e. The maximum absolute atomic E-state index is 12.2. The van der Waals surface area contributed by atoms with E-state index in [0.29, 0.717) is 13.2 Å². The van der Waals surface area contributed by atoms with Gasteiger partial charge in [-0.25, -0.2) is 0 Å². The van der Waals surface area contributed by atoms with E-state index in [1.807, 2.05) is 0 Å². The van der Waals surface area contributed by atoms with Crippen molar-refractivity contribution in [2.45, 2.75) is 32.5 Å². The van der Waals surface area contributed by atoms with Crippen molar-refractivity contribution in [2.24, 2.45) is 0 Å². The minimum atomic E-state index is -4.26. The molecular formula is C12H15F3O. The Bertz CT molecular complexity index is 303. The van der Waals surface area contributed by atoms with E-state index < -0.39 is 11.7 Å². The van der Waals surface area contributed by atoms with Gasteiger partial charge in [0.15, 0.2) is 0 Å². The average molecular weight is 232 g/mol. The van der Waals surface area contributed by atoms with Crippen LogP contribution in [-0.2, 0) is 17.5 Å². The minimum Gasteiger partial charge on any atom is -0.377 e. The second kappa shape index (κ2) is 5.89. The standard InChI is InChI=1S/C12H15F3O/c1-2-3-8-16-9-10-4-6-11(7-5-10)12(13,14)15/h4-7H,2-3,8-9H2,1H3. The normalized spacial score (nSPS) is 11.8. The van der Waals surface area contributed by atoms with Crippen LogP contribution in [0.15, 0.2) is 24.3 Å². The lowest BCUT2D eigenvalue weighted by atomic mass is 10.1. The van der Waals surface area contributed by atoms with E-state index in [-0.39, 0.29) is 0 Å². The third kappa shape index (κ3) is 4.23. The molecule has 0 aromatic heterocycles. The van der Waals surface area contributed by atoms with E-state index in [0.717, 1.165) is 30.5 Å². The fourth-order valence-electron chi connectivity index (χ4n) is 1.23. The lowest BCUT2D eigenvalue weighted by Crippen LogP contribution is -2.04. The Morgan fingerprint density at radius 1 is 1.12 bits per heavy atom. The van der Waals surface area contributed by atoms with Crippen LogP contribution in [0.5, 0.6) is 0 Å². The van der Waals surface area contributed by atoms with Crippen LogP contribution >= 0.6 is 0 Å². The molecule has 0 bridgehead atoms. The molecule has 16 heavy (non-hydrogen) atoms. The second-order valence-corrected chi connectivity index (χ2v) is 3.60. The Hall–Kier alpha value is -1.03. The van der Waals surface area contributed by atoms with Crippen LogP contribution in [0, 0.1) is 0 Å². The summed E-state index contributed by atoms with van der Waals surface area (Å²) in [6.07, 6.45) is -2.24. The van der Waals surface area contributed by atoms with Crippen LogP contribution in [0.1, 0.15) is 30.9 Å². The van der Waals surface area contributed by atoms with Crippen molar-refractivity contribution in [1.82, 2.24) is 0 Å². The molecule has 0 heterocycles. The van der Waals surface area contributed by atoms with Crippen LogP contribution in [0.25, 0.3) is 0 Å². The molecule has 0 aliphatic carbocycles. The van der Waals surface area contributed by atoms with Crippen LogP contribution in [0.2, 0.25) is 0 Å². The van der Waals surface area contributed by atoms with Crippen LogP contribution in [0.3, 0.4) is 0 Å². The summed E-state index contributed by atoms with van der Waals surface area (Å²) in [6, 6.07) is 5.07. The van der Waals surface area contributed by atoms with Gasteiger partial charge in [0.25, 0.3) is 0 Å². The first-order valence-corrected chi connectivity index (χ1v) is 5.28. The Morgan fingerprint density at radius 2 is 1.75 bits per heavy atom. The van der Waals surface area contributed by atoms with Gasteiger partial charge >= 0.3 is 6.18 Å². The van der Waals surface area contributed by atoms with Gasteiger partial charge in [-0.05, 0) is 24.1 Å². The van der Waals surface area contributed by atoms with Gasteiger partial charge in [0.2, 0.25) is 0 Å². The van der Waals surface area contributed by atoms with Gasteiger partial charge in [0.05, 0.1) is 12.2 Å². The van der Waals surface area contributed by atoms with Crippen molar-refractivity contribution in [3.63, 3.8) is 0 Å². The van der Waals surface area contributed by atoms with Crippen molar-refractivity contribution in [2.75, 3.05) is 6.61 Å². The number of hydrogen-bond acceptors (Lipinski definition) is 1. The van der Waals surface area contributed by atoms with Crippen LogP contribution in [-0.4, -0.2) is 6.61 Å². The molecule has 1 rings (SSSR count). The summed E-state index contributed by atoms with van der Waals surface area (Å²) in [4.78, 5) is 0. The predicted octanol–water partition coefficient (Wildman–Crippen LogP) is 4.02. The molecule has 1 aromatic rings. The number of alkyl halides is 3. The van der Waals surface area contributed by atoms with Gasteiger partial charge in [-0.3, -0.25) is 0 Å². The van der Waals surface area contributed by atoms with Crippen molar-refractivity contribution in [3.05, 3.63) is 35.4 Å². The zero-order valence-corrected chi connectivity index (χ0v) is 9.18. The molecular weight excluding hydrogens is 217 g/mol. The van der Waals surface area contributed by atoms with E-state index in [9.17, 15) is 13.2 Å². The first kappa shape index (κ1) is 13.0. The van der Waals surface area contributed by atoms with Crippen molar-refractivity contribution >= 4 is 0 Å². The van der Waals surface area contributed by atoms with Crippen molar-refractivity contribution < 1.29 is 17.9 Å². The molecule has 0 fully saturated rings. The van der Waals surface area contributed by atoms with E-state index in [1.165, 1.54) is 12.1 Å². The highest BCUT2D eigenvalue weighted by Crippen LogP contribution is 2.29. The van der Waals surface area contributed by atoms with Gasteiger partial charge in [-0.1, -0.05) is 25.5 Å². The molecule has 0 spiro atoms. The summed E-state index contributed by atoms with van der Waals surface area (Å²) >= 11 is 0. The molecule has 0 unspecified atom stereocenters. The fourth-order valence-corrected chi connectivity index (χ4v) is 1.23. The summed E-state index contributed by atoms with van der Waals surface area (Å²) in [6.45, 7) is 3.08. The van der Waals surface area contributed by atoms with E-state index >= 15 is 0 Å². The van der Waals surface area contributed by atoms with Gasteiger partial charge in [-0.15, -0.1) is 0 Å².